The molecule has 0 aliphatic carbocycles. The van der Waals surface area contributed by atoms with Gasteiger partial charge in [-0.3, -0.25) is 4.79 Å². The third kappa shape index (κ3) is 4.27. The summed E-state index contributed by atoms with van der Waals surface area (Å²) in [5.41, 5.74) is 0. The molecule has 1 heterocycles. The van der Waals surface area contributed by atoms with Gasteiger partial charge in [0.05, 0.1) is 12.5 Å². The van der Waals surface area contributed by atoms with Crippen molar-refractivity contribution in [3.63, 3.8) is 0 Å². The van der Waals surface area contributed by atoms with Gasteiger partial charge in [-0.1, -0.05) is 13.3 Å². The van der Waals surface area contributed by atoms with Crippen molar-refractivity contribution in [3.05, 3.63) is 0 Å². The number of carbonyl (C=O) groups is 1. The van der Waals surface area contributed by atoms with E-state index >= 15 is 0 Å². The summed E-state index contributed by atoms with van der Waals surface area (Å²) >= 11 is 0. The molecule has 76 valence electrons. The lowest BCUT2D eigenvalue weighted by Crippen LogP contribution is -2.27. The minimum atomic E-state index is 0.139. The third-order valence-electron chi connectivity index (χ3n) is 2.29. The molecule has 0 bridgehead atoms. The number of carbonyl (C=O) groups excluding carboxylic acids is 1. The molecule has 0 spiro atoms. The molecule has 0 aromatic rings. The molecule has 0 radical (unpaired) electrons. The van der Waals surface area contributed by atoms with E-state index in [1.807, 2.05) is 0 Å². The zero-order valence-corrected chi connectivity index (χ0v) is 8.34. The van der Waals surface area contributed by atoms with Crippen molar-refractivity contribution in [1.82, 2.24) is 5.32 Å². The summed E-state index contributed by atoms with van der Waals surface area (Å²) in [6.45, 7) is 3.75. The maximum atomic E-state index is 11.3. The van der Waals surface area contributed by atoms with E-state index in [1.54, 1.807) is 0 Å². The van der Waals surface area contributed by atoms with Crippen LogP contribution in [0, 0.1) is 0 Å². The van der Waals surface area contributed by atoms with E-state index in [0.29, 0.717) is 6.42 Å². The van der Waals surface area contributed by atoms with E-state index in [9.17, 15) is 4.79 Å². The largest absolute Gasteiger partial charge is 0.378 e. The predicted molar refractivity (Wildman–Crippen MR) is 51.5 cm³/mol. The van der Waals surface area contributed by atoms with Gasteiger partial charge in [0.25, 0.3) is 0 Å². The van der Waals surface area contributed by atoms with Gasteiger partial charge in [-0.15, -0.1) is 0 Å². The number of unbranched alkanes of at least 4 members (excludes halogenated alkanes) is 1. The second-order valence-corrected chi connectivity index (χ2v) is 3.54. The molecule has 3 heteroatoms. The molecule has 3 nitrogen and oxygen atoms in total. The second kappa shape index (κ2) is 5.97. The summed E-state index contributed by atoms with van der Waals surface area (Å²) in [6, 6.07) is 0. The van der Waals surface area contributed by atoms with Crippen LogP contribution >= 0.6 is 0 Å². The van der Waals surface area contributed by atoms with Crippen molar-refractivity contribution < 1.29 is 9.53 Å². The van der Waals surface area contributed by atoms with Gasteiger partial charge in [-0.05, 0) is 19.3 Å². The maximum Gasteiger partial charge on any atom is 0.222 e. The Hall–Kier alpha value is -0.570. The van der Waals surface area contributed by atoms with E-state index in [0.717, 1.165) is 38.8 Å². The molecular formula is C10H19NO2. The number of rotatable bonds is 5. The van der Waals surface area contributed by atoms with Gasteiger partial charge < -0.3 is 10.1 Å². The van der Waals surface area contributed by atoms with Crippen LogP contribution in [0.4, 0.5) is 0 Å². The van der Waals surface area contributed by atoms with Crippen molar-refractivity contribution in [1.29, 1.82) is 0 Å². The zero-order valence-electron chi connectivity index (χ0n) is 8.34. The Morgan fingerprint density at radius 2 is 2.46 bits per heavy atom. The molecule has 1 unspecified atom stereocenters. The maximum absolute atomic E-state index is 11.3. The highest BCUT2D eigenvalue weighted by molar-refractivity contribution is 5.76. The lowest BCUT2D eigenvalue weighted by atomic mass is 10.2. The van der Waals surface area contributed by atoms with Crippen molar-refractivity contribution >= 4 is 5.91 Å². The smallest absolute Gasteiger partial charge is 0.222 e. The van der Waals surface area contributed by atoms with Gasteiger partial charge in [-0.2, -0.15) is 0 Å². The Morgan fingerprint density at radius 3 is 3.08 bits per heavy atom. The van der Waals surface area contributed by atoms with Crippen LogP contribution in [0.25, 0.3) is 0 Å². The summed E-state index contributed by atoms with van der Waals surface area (Å²) < 4.78 is 5.37. The predicted octanol–water partition coefficient (Wildman–Crippen LogP) is 1.47. The van der Waals surface area contributed by atoms with Gasteiger partial charge in [0.2, 0.25) is 5.91 Å². The highest BCUT2D eigenvalue weighted by atomic mass is 16.5. The lowest BCUT2D eigenvalue weighted by Gasteiger charge is -2.08. The van der Waals surface area contributed by atoms with Crippen LogP contribution in [-0.2, 0) is 9.53 Å². The summed E-state index contributed by atoms with van der Waals surface area (Å²) in [5, 5.41) is 2.89. The Balaban J connectivity index is 2.02. The molecular weight excluding hydrogens is 166 g/mol. The van der Waals surface area contributed by atoms with Crippen LogP contribution in [0.3, 0.4) is 0 Å². The van der Waals surface area contributed by atoms with Gasteiger partial charge in [-0.25, -0.2) is 0 Å². The monoisotopic (exact) mass is 185 g/mol. The summed E-state index contributed by atoms with van der Waals surface area (Å²) in [7, 11) is 0. The van der Waals surface area contributed by atoms with E-state index in [1.165, 1.54) is 0 Å². The van der Waals surface area contributed by atoms with E-state index in [2.05, 4.69) is 12.2 Å². The first-order valence-corrected chi connectivity index (χ1v) is 5.21. The molecule has 1 aliphatic heterocycles. The molecule has 1 amide bonds. The summed E-state index contributed by atoms with van der Waals surface area (Å²) in [6.07, 6.45) is 5.07. The van der Waals surface area contributed by atoms with Crippen molar-refractivity contribution in [2.24, 2.45) is 0 Å². The van der Waals surface area contributed by atoms with Crippen molar-refractivity contribution in [2.75, 3.05) is 13.2 Å². The molecule has 1 N–H and O–H groups in total. The van der Waals surface area contributed by atoms with Crippen LogP contribution in [0.2, 0.25) is 0 Å². The van der Waals surface area contributed by atoms with Crippen molar-refractivity contribution in [3.8, 4) is 0 Å². The molecule has 0 saturated carbocycles. The highest BCUT2D eigenvalue weighted by Gasteiger charge is 2.18. The third-order valence-corrected chi connectivity index (χ3v) is 2.29. The summed E-state index contributed by atoms with van der Waals surface area (Å²) in [5.74, 6) is 0.139. The van der Waals surface area contributed by atoms with Crippen molar-refractivity contribution in [2.45, 2.75) is 45.1 Å². The number of ether oxygens (including phenoxy) is 1. The highest BCUT2D eigenvalue weighted by Crippen LogP contribution is 2.14. The molecule has 13 heavy (non-hydrogen) atoms. The van der Waals surface area contributed by atoms with Crippen LogP contribution in [-0.4, -0.2) is 25.2 Å². The normalized spacial score (nSPS) is 21.8. The van der Waals surface area contributed by atoms with Gasteiger partial charge in [0.15, 0.2) is 0 Å². The lowest BCUT2D eigenvalue weighted by molar-refractivity contribution is -0.123. The first kappa shape index (κ1) is 10.5. The second-order valence-electron chi connectivity index (χ2n) is 3.54. The fourth-order valence-electron chi connectivity index (χ4n) is 1.49. The molecule has 1 fully saturated rings. The fraction of sp³-hybridized carbons (Fsp3) is 0.900. The number of amides is 1. The fourth-order valence-corrected chi connectivity index (χ4v) is 1.49. The van der Waals surface area contributed by atoms with Crippen LogP contribution < -0.4 is 5.32 Å². The average Bonchev–Trinajstić information content (AvgIpc) is 2.57. The Labute approximate surface area is 79.8 Å². The van der Waals surface area contributed by atoms with Crippen LogP contribution in [0.5, 0.6) is 0 Å². The minimum absolute atomic E-state index is 0.139. The molecule has 0 aromatic heterocycles. The molecule has 0 aromatic carbocycles. The minimum Gasteiger partial charge on any atom is -0.378 e. The Morgan fingerprint density at radius 1 is 1.62 bits per heavy atom. The molecule has 1 saturated heterocycles. The van der Waals surface area contributed by atoms with E-state index in [4.69, 9.17) is 4.74 Å². The zero-order chi connectivity index (χ0) is 9.52. The number of hydrogen-bond donors (Lipinski definition) is 1. The van der Waals surface area contributed by atoms with Gasteiger partial charge in [0.1, 0.15) is 0 Å². The average molecular weight is 185 g/mol. The van der Waals surface area contributed by atoms with E-state index < -0.39 is 0 Å². The first-order chi connectivity index (χ1) is 6.33. The Bertz CT molecular complexity index is 153. The number of hydrogen-bond acceptors (Lipinski definition) is 2. The van der Waals surface area contributed by atoms with Gasteiger partial charge in [0, 0.05) is 13.2 Å². The SMILES string of the molecule is CCCCNC(=O)CC1CCCO1. The first-order valence-electron chi connectivity index (χ1n) is 5.21. The molecule has 1 aliphatic rings. The number of nitrogens with one attached hydrogen (secondary N) is 1. The van der Waals surface area contributed by atoms with Crippen LogP contribution in [0.15, 0.2) is 0 Å². The molecule has 1 atom stereocenters. The Kier molecular flexibility index (Phi) is 4.83. The van der Waals surface area contributed by atoms with E-state index in [-0.39, 0.29) is 12.0 Å². The quantitative estimate of drug-likeness (QED) is 0.659. The summed E-state index contributed by atoms with van der Waals surface area (Å²) in [4.78, 5) is 11.3. The standard InChI is InChI=1S/C10H19NO2/c1-2-3-6-11-10(12)8-9-5-4-7-13-9/h9H,2-8H2,1H3,(H,11,12). The topological polar surface area (TPSA) is 38.3 Å². The van der Waals surface area contributed by atoms with Gasteiger partial charge >= 0.3 is 0 Å². The van der Waals surface area contributed by atoms with Crippen LogP contribution in [0.1, 0.15) is 39.0 Å². The molecule has 1 rings (SSSR count).